The summed E-state index contributed by atoms with van der Waals surface area (Å²) in [5, 5.41) is 8.86. The van der Waals surface area contributed by atoms with Crippen LogP contribution in [-0.4, -0.2) is 18.2 Å². The topological polar surface area (TPSA) is 46.5 Å². The summed E-state index contributed by atoms with van der Waals surface area (Å²) in [5.74, 6) is -1.10. The summed E-state index contributed by atoms with van der Waals surface area (Å²) >= 11 is 0. The van der Waals surface area contributed by atoms with E-state index in [-0.39, 0.29) is 5.76 Å². The van der Waals surface area contributed by atoms with Crippen molar-refractivity contribution < 1.29 is 14.6 Å². The van der Waals surface area contributed by atoms with E-state index >= 15 is 0 Å². The van der Waals surface area contributed by atoms with E-state index < -0.39 is 5.97 Å². The van der Waals surface area contributed by atoms with Crippen molar-refractivity contribution in [3.63, 3.8) is 0 Å². The average Bonchev–Trinajstić information content (AvgIpc) is 2.35. The molecule has 0 unspecified atom stereocenters. The van der Waals surface area contributed by atoms with Gasteiger partial charge in [-0.2, -0.15) is 0 Å². The number of aliphatic carboxylic acids is 1. The van der Waals surface area contributed by atoms with Crippen molar-refractivity contribution in [2.45, 2.75) is 13.3 Å². The molecule has 0 bridgehead atoms. The van der Waals surface area contributed by atoms with Gasteiger partial charge in [0.25, 0.3) is 0 Å². The van der Waals surface area contributed by atoms with Gasteiger partial charge in [0, 0.05) is 0 Å². The summed E-state index contributed by atoms with van der Waals surface area (Å²) < 4.78 is 4.80. The molecule has 0 radical (unpaired) electrons. The monoisotopic (exact) mass is 232 g/mol. The van der Waals surface area contributed by atoms with Crippen LogP contribution in [-0.2, 0) is 9.53 Å². The fraction of sp³-hybridized carbons (Fsp3) is 0.214. The number of hydrogen-bond acceptors (Lipinski definition) is 2. The summed E-state index contributed by atoms with van der Waals surface area (Å²) in [6.45, 7) is 1.97. The molecule has 0 aliphatic rings. The summed E-state index contributed by atoms with van der Waals surface area (Å²) in [6, 6.07) is 9.76. The first-order valence-corrected chi connectivity index (χ1v) is 5.42. The fourth-order valence-corrected chi connectivity index (χ4v) is 1.39. The Balaban J connectivity index is 3.00. The summed E-state index contributed by atoms with van der Waals surface area (Å²) in [7, 11) is 1.36. The number of carbonyl (C=O) groups is 1. The van der Waals surface area contributed by atoms with Gasteiger partial charge in [0.15, 0.2) is 0 Å². The van der Waals surface area contributed by atoms with E-state index in [4.69, 9.17) is 9.84 Å². The minimum Gasteiger partial charge on any atom is -0.490 e. The highest BCUT2D eigenvalue weighted by Crippen LogP contribution is 2.13. The van der Waals surface area contributed by atoms with Crippen molar-refractivity contribution in [3.05, 3.63) is 53.3 Å². The molecule has 1 rings (SSSR count). The van der Waals surface area contributed by atoms with Crippen molar-refractivity contribution in [1.29, 1.82) is 0 Å². The van der Waals surface area contributed by atoms with Gasteiger partial charge in [0.05, 0.1) is 7.11 Å². The molecule has 0 aliphatic heterocycles. The third-order valence-corrected chi connectivity index (χ3v) is 2.31. The Morgan fingerprint density at radius 1 is 1.35 bits per heavy atom. The molecule has 90 valence electrons. The number of carboxylic acid groups (broad SMARTS) is 1. The Kier molecular flexibility index (Phi) is 5.01. The lowest BCUT2D eigenvalue weighted by molar-refractivity contribution is -0.136. The van der Waals surface area contributed by atoms with Crippen LogP contribution >= 0.6 is 0 Å². The van der Waals surface area contributed by atoms with E-state index in [9.17, 15) is 4.79 Å². The second kappa shape index (κ2) is 6.53. The van der Waals surface area contributed by atoms with Crippen molar-refractivity contribution in [1.82, 2.24) is 0 Å². The van der Waals surface area contributed by atoms with Gasteiger partial charge in [-0.1, -0.05) is 43.3 Å². The highest BCUT2D eigenvalue weighted by molar-refractivity contribution is 5.85. The van der Waals surface area contributed by atoms with Crippen LogP contribution in [0, 0.1) is 0 Å². The summed E-state index contributed by atoms with van der Waals surface area (Å²) in [4.78, 5) is 10.8. The van der Waals surface area contributed by atoms with Crippen molar-refractivity contribution >= 4 is 12.0 Å². The van der Waals surface area contributed by atoms with Gasteiger partial charge in [-0.05, 0) is 23.6 Å². The predicted octanol–water partition coefficient (Wildman–Crippen LogP) is 3.09. The van der Waals surface area contributed by atoms with Crippen molar-refractivity contribution in [2.75, 3.05) is 7.11 Å². The third-order valence-electron chi connectivity index (χ3n) is 2.31. The number of benzene rings is 1. The van der Waals surface area contributed by atoms with Crippen LogP contribution in [0.2, 0.25) is 0 Å². The van der Waals surface area contributed by atoms with Crippen molar-refractivity contribution in [3.8, 4) is 0 Å². The van der Waals surface area contributed by atoms with E-state index in [0.29, 0.717) is 0 Å². The zero-order chi connectivity index (χ0) is 12.7. The standard InChI is InChI=1S/C14H16O3/c1-3-11(10-13(17-2)14(15)16)9-12-7-5-4-6-8-12/h4-10H,3H2,1-2H3,(H,15,16). The van der Waals surface area contributed by atoms with Crippen LogP contribution in [0.25, 0.3) is 6.08 Å². The van der Waals surface area contributed by atoms with Gasteiger partial charge in [-0.15, -0.1) is 0 Å². The SMILES string of the molecule is CCC(=Cc1ccccc1)C=C(OC)C(=O)O. The number of hydrogen-bond donors (Lipinski definition) is 1. The van der Waals surface area contributed by atoms with Gasteiger partial charge < -0.3 is 9.84 Å². The van der Waals surface area contributed by atoms with Crippen LogP contribution in [0.3, 0.4) is 0 Å². The Hall–Kier alpha value is -2.03. The van der Waals surface area contributed by atoms with E-state index in [1.54, 1.807) is 6.08 Å². The van der Waals surface area contributed by atoms with Gasteiger partial charge in [0.2, 0.25) is 5.76 Å². The summed E-state index contributed by atoms with van der Waals surface area (Å²) in [5.41, 5.74) is 1.96. The number of ether oxygens (including phenoxy) is 1. The molecule has 0 aromatic heterocycles. The molecule has 0 fully saturated rings. The second-order valence-corrected chi connectivity index (χ2v) is 3.50. The van der Waals surface area contributed by atoms with Crippen molar-refractivity contribution in [2.24, 2.45) is 0 Å². The average molecular weight is 232 g/mol. The van der Waals surface area contributed by atoms with Gasteiger partial charge in [-0.25, -0.2) is 4.79 Å². The molecule has 0 amide bonds. The molecule has 3 nitrogen and oxygen atoms in total. The Morgan fingerprint density at radius 3 is 2.47 bits per heavy atom. The van der Waals surface area contributed by atoms with E-state index in [0.717, 1.165) is 17.6 Å². The number of methoxy groups -OCH3 is 1. The molecular weight excluding hydrogens is 216 g/mol. The van der Waals surface area contributed by atoms with Crippen LogP contribution in [0.1, 0.15) is 18.9 Å². The van der Waals surface area contributed by atoms with Gasteiger partial charge in [-0.3, -0.25) is 0 Å². The molecule has 0 aliphatic carbocycles. The second-order valence-electron chi connectivity index (χ2n) is 3.50. The largest absolute Gasteiger partial charge is 0.490 e. The van der Waals surface area contributed by atoms with E-state index in [2.05, 4.69) is 0 Å². The van der Waals surface area contributed by atoms with Crippen LogP contribution < -0.4 is 0 Å². The quantitative estimate of drug-likeness (QED) is 0.482. The molecule has 1 N–H and O–H groups in total. The molecule has 0 atom stereocenters. The predicted molar refractivity (Wildman–Crippen MR) is 67.4 cm³/mol. The Morgan fingerprint density at radius 2 is 2.00 bits per heavy atom. The number of allylic oxidation sites excluding steroid dienone is 2. The molecule has 0 saturated carbocycles. The maximum absolute atomic E-state index is 10.8. The maximum atomic E-state index is 10.8. The molecule has 0 saturated heterocycles. The van der Waals surface area contributed by atoms with Crippen LogP contribution in [0.5, 0.6) is 0 Å². The van der Waals surface area contributed by atoms with E-state index in [1.807, 2.05) is 43.3 Å². The summed E-state index contributed by atoms with van der Waals surface area (Å²) in [6.07, 6.45) is 4.24. The fourth-order valence-electron chi connectivity index (χ4n) is 1.39. The zero-order valence-electron chi connectivity index (χ0n) is 10.0. The minimum atomic E-state index is -1.06. The lowest BCUT2D eigenvalue weighted by atomic mass is 10.1. The molecule has 17 heavy (non-hydrogen) atoms. The van der Waals surface area contributed by atoms with Crippen LogP contribution in [0.4, 0.5) is 0 Å². The molecule has 1 aromatic rings. The smallest absolute Gasteiger partial charge is 0.371 e. The minimum absolute atomic E-state index is 0.0472. The number of rotatable bonds is 5. The highest BCUT2D eigenvalue weighted by atomic mass is 16.5. The Labute approximate surface area is 101 Å². The molecule has 0 heterocycles. The van der Waals surface area contributed by atoms with Gasteiger partial charge >= 0.3 is 5.97 Å². The Bertz CT molecular complexity index is 430. The first kappa shape index (κ1) is 13.0. The molecule has 1 aromatic carbocycles. The molecular formula is C14H16O3. The zero-order valence-corrected chi connectivity index (χ0v) is 10.0. The molecule has 3 heteroatoms. The van der Waals surface area contributed by atoms with Gasteiger partial charge in [0.1, 0.15) is 0 Å². The normalized spacial score (nSPS) is 12.4. The highest BCUT2D eigenvalue weighted by Gasteiger charge is 2.06. The first-order valence-electron chi connectivity index (χ1n) is 5.42. The molecule has 0 spiro atoms. The lowest BCUT2D eigenvalue weighted by Gasteiger charge is -2.03. The first-order chi connectivity index (χ1) is 8.17. The van der Waals surface area contributed by atoms with E-state index in [1.165, 1.54) is 7.11 Å². The maximum Gasteiger partial charge on any atom is 0.371 e. The van der Waals surface area contributed by atoms with Crippen LogP contribution in [0.15, 0.2) is 47.7 Å². The lowest BCUT2D eigenvalue weighted by Crippen LogP contribution is -2.02. The third kappa shape index (κ3) is 4.15. The number of carboxylic acids is 1.